The number of carbonyl (C=O) groups is 2. The van der Waals surface area contributed by atoms with Crippen LogP contribution in [0.3, 0.4) is 0 Å². The summed E-state index contributed by atoms with van der Waals surface area (Å²) in [7, 11) is 0. The van der Waals surface area contributed by atoms with Crippen molar-refractivity contribution in [3.63, 3.8) is 0 Å². The lowest BCUT2D eigenvalue weighted by molar-refractivity contribution is -0.138. The largest absolute Gasteiger partial charge is 0.366 e. The third-order valence-electron chi connectivity index (χ3n) is 6.23. The average Bonchev–Trinajstić information content (AvgIpc) is 2.73. The van der Waals surface area contributed by atoms with E-state index >= 15 is 0 Å². The number of hydrogen-bond donors (Lipinski definition) is 1. The van der Waals surface area contributed by atoms with E-state index in [-0.39, 0.29) is 35.5 Å². The van der Waals surface area contributed by atoms with Crippen molar-refractivity contribution in [3.05, 3.63) is 30.1 Å². The zero-order valence-electron chi connectivity index (χ0n) is 17.0. The van der Waals surface area contributed by atoms with Gasteiger partial charge in [0.15, 0.2) is 0 Å². The van der Waals surface area contributed by atoms with Gasteiger partial charge in [0.2, 0.25) is 11.8 Å². The van der Waals surface area contributed by atoms with Crippen molar-refractivity contribution >= 4 is 17.5 Å². The molecule has 2 fully saturated rings. The number of amides is 2. The quantitative estimate of drug-likeness (QED) is 0.841. The van der Waals surface area contributed by atoms with Gasteiger partial charge in [0.05, 0.1) is 5.69 Å². The molecule has 3 rings (SSSR count). The third kappa shape index (κ3) is 4.83. The van der Waals surface area contributed by atoms with Crippen molar-refractivity contribution in [2.24, 2.45) is 11.8 Å². The molecule has 1 aliphatic heterocycles. The number of piperazine rings is 1. The molecular formula is C22H32FN3O2. The summed E-state index contributed by atoms with van der Waals surface area (Å²) in [6.07, 6.45) is 4.07. The maximum Gasteiger partial charge on any atom is 0.225 e. The summed E-state index contributed by atoms with van der Waals surface area (Å²) >= 11 is 0. The fourth-order valence-electron chi connectivity index (χ4n) is 4.20. The Morgan fingerprint density at radius 3 is 2.29 bits per heavy atom. The molecule has 2 aliphatic rings. The Hall–Kier alpha value is -2.11. The monoisotopic (exact) mass is 389 g/mol. The third-order valence-corrected chi connectivity index (χ3v) is 6.23. The van der Waals surface area contributed by atoms with Crippen molar-refractivity contribution in [1.82, 2.24) is 10.2 Å². The molecule has 0 radical (unpaired) electrons. The first-order valence-electron chi connectivity index (χ1n) is 10.6. The summed E-state index contributed by atoms with van der Waals surface area (Å²) in [4.78, 5) is 29.1. The fourth-order valence-corrected chi connectivity index (χ4v) is 4.20. The zero-order valence-corrected chi connectivity index (χ0v) is 17.0. The van der Waals surface area contributed by atoms with Crippen LogP contribution in [0.25, 0.3) is 0 Å². The van der Waals surface area contributed by atoms with E-state index in [1.807, 2.05) is 22.8 Å². The maximum atomic E-state index is 14.0. The second kappa shape index (κ2) is 9.39. The van der Waals surface area contributed by atoms with Gasteiger partial charge in [0, 0.05) is 44.1 Å². The second-order valence-corrected chi connectivity index (χ2v) is 8.13. The zero-order chi connectivity index (χ0) is 20.1. The van der Waals surface area contributed by atoms with Gasteiger partial charge in [-0.3, -0.25) is 9.59 Å². The molecule has 1 N–H and O–H groups in total. The molecule has 5 nitrogen and oxygen atoms in total. The number of benzene rings is 1. The van der Waals surface area contributed by atoms with Crippen LogP contribution in [0, 0.1) is 17.7 Å². The van der Waals surface area contributed by atoms with Gasteiger partial charge in [-0.05, 0) is 51.2 Å². The molecule has 1 saturated carbocycles. The van der Waals surface area contributed by atoms with Gasteiger partial charge in [0.25, 0.3) is 0 Å². The van der Waals surface area contributed by atoms with Gasteiger partial charge in [-0.2, -0.15) is 0 Å². The standard InChI is InChI=1S/C22H32FN3O2/c1-3-16(2)24-21(27)17-8-10-18(11-9-17)22(28)26-14-12-25(13-15-26)20-7-5-4-6-19(20)23/h4-7,16-18H,3,8-15H2,1-2H3,(H,24,27). The highest BCUT2D eigenvalue weighted by Gasteiger charge is 2.33. The molecule has 0 bridgehead atoms. The Morgan fingerprint density at radius 2 is 1.68 bits per heavy atom. The van der Waals surface area contributed by atoms with Crippen LogP contribution in [0.1, 0.15) is 46.0 Å². The van der Waals surface area contributed by atoms with E-state index in [4.69, 9.17) is 0 Å². The summed E-state index contributed by atoms with van der Waals surface area (Å²) in [5.41, 5.74) is 0.613. The normalized spacial score (nSPS) is 24.0. The van der Waals surface area contributed by atoms with E-state index in [1.54, 1.807) is 12.1 Å². The van der Waals surface area contributed by atoms with E-state index in [0.717, 1.165) is 32.1 Å². The van der Waals surface area contributed by atoms with E-state index in [1.165, 1.54) is 6.07 Å². The number of halogens is 1. The van der Waals surface area contributed by atoms with Crippen LogP contribution in [0.5, 0.6) is 0 Å². The van der Waals surface area contributed by atoms with E-state index in [9.17, 15) is 14.0 Å². The number of hydrogen-bond acceptors (Lipinski definition) is 3. The van der Waals surface area contributed by atoms with Crippen LogP contribution < -0.4 is 10.2 Å². The number of carbonyl (C=O) groups excluding carboxylic acids is 2. The van der Waals surface area contributed by atoms with Crippen LogP contribution >= 0.6 is 0 Å². The summed E-state index contributed by atoms with van der Waals surface area (Å²) < 4.78 is 14.0. The predicted molar refractivity (Wildman–Crippen MR) is 109 cm³/mol. The van der Waals surface area contributed by atoms with Crippen molar-refractivity contribution in [1.29, 1.82) is 0 Å². The van der Waals surface area contributed by atoms with Crippen molar-refractivity contribution in [2.75, 3.05) is 31.1 Å². The molecule has 1 aromatic carbocycles. The number of rotatable bonds is 5. The molecule has 0 spiro atoms. The van der Waals surface area contributed by atoms with Gasteiger partial charge in [-0.25, -0.2) is 4.39 Å². The minimum absolute atomic E-state index is 0.0210. The smallest absolute Gasteiger partial charge is 0.225 e. The molecule has 1 atom stereocenters. The summed E-state index contributed by atoms with van der Waals surface area (Å²) in [6.45, 7) is 6.64. The lowest BCUT2D eigenvalue weighted by atomic mass is 9.80. The topological polar surface area (TPSA) is 52.7 Å². The van der Waals surface area contributed by atoms with Crippen molar-refractivity contribution < 1.29 is 14.0 Å². The first kappa shape index (κ1) is 20.6. The van der Waals surface area contributed by atoms with Crippen LogP contribution in [0.4, 0.5) is 10.1 Å². The Morgan fingerprint density at radius 1 is 1.07 bits per heavy atom. The molecule has 1 saturated heterocycles. The first-order chi connectivity index (χ1) is 13.5. The summed E-state index contributed by atoms with van der Waals surface area (Å²) in [6, 6.07) is 7.00. The highest BCUT2D eigenvalue weighted by atomic mass is 19.1. The number of nitrogens with zero attached hydrogens (tertiary/aromatic N) is 2. The lowest BCUT2D eigenvalue weighted by Crippen LogP contribution is -2.51. The molecule has 28 heavy (non-hydrogen) atoms. The highest BCUT2D eigenvalue weighted by molar-refractivity contribution is 5.81. The Kier molecular flexibility index (Phi) is 6.92. The average molecular weight is 390 g/mol. The van der Waals surface area contributed by atoms with Gasteiger partial charge in [-0.1, -0.05) is 19.1 Å². The summed E-state index contributed by atoms with van der Waals surface area (Å²) in [5, 5.41) is 3.06. The molecule has 1 aromatic rings. The summed E-state index contributed by atoms with van der Waals surface area (Å²) in [5.74, 6) is 0.188. The minimum atomic E-state index is -0.212. The van der Waals surface area contributed by atoms with Gasteiger partial charge < -0.3 is 15.1 Å². The van der Waals surface area contributed by atoms with Crippen molar-refractivity contribution in [3.8, 4) is 0 Å². The fraction of sp³-hybridized carbons (Fsp3) is 0.636. The molecule has 154 valence electrons. The van der Waals surface area contributed by atoms with E-state index in [2.05, 4.69) is 12.2 Å². The molecule has 0 aromatic heterocycles. The molecule has 2 amide bonds. The maximum absolute atomic E-state index is 14.0. The van der Waals surface area contributed by atoms with Gasteiger partial charge in [-0.15, -0.1) is 0 Å². The van der Waals surface area contributed by atoms with E-state index in [0.29, 0.717) is 31.9 Å². The van der Waals surface area contributed by atoms with Crippen LogP contribution in [-0.4, -0.2) is 48.9 Å². The van der Waals surface area contributed by atoms with Gasteiger partial charge in [0.1, 0.15) is 5.82 Å². The Balaban J connectivity index is 1.46. The van der Waals surface area contributed by atoms with Crippen LogP contribution in [0.2, 0.25) is 0 Å². The predicted octanol–water partition coefficient (Wildman–Crippen LogP) is 3.20. The Bertz CT molecular complexity index is 680. The van der Waals surface area contributed by atoms with Crippen molar-refractivity contribution in [2.45, 2.75) is 52.0 Å². The number of anilines is 1. The molecule has 6 heteroatoms. The van der Waals surface area contributed by atoms with Crippen LogP contribution in [-0.2, 0) is 9.59 Å². The number of para-hydroxylation sites is 1. The van der Waals surface area contributed by atoms with Gasteiger partial charge >= 0.3 is 0 Å². The number of nitrogens with one attached hydrogen (secondary N) is 1. The minimum Gasteiger partial charge on any atom is -0.366 e. The lowest BCUT2D eigenvalue weighted by Gasteiger charge is -2.38. The first-order valence-corrected chi connectivity index (χ1v) is 10.6. The highest BCUT2D eigenvalue weighted by Crippen LogP contribution is 2.31. The van der Waals surface area contributed by atoms with E-state index < -0.39 is 0 Å². The second-order valence-electron chi connectivity index (χ2n) is 8.13. The molecule has 1 heterocycles. The molecular weight excluding hydrogens is 357 g/mol. The Labute approximate surface area is 167 Å². The molecule has 1 aliphatic carbocycles. The SMILES string of the molecule is CCC(C)NC(=O)C1CCC(C(=O)N2CCN(c3ccccc3F)CC2)CC1. The van der Waals surface area contributed by atoms with Crippen LogP contribution in [0.15, 0.2) is 24.3 Å². The molecule has 1 unspecified atom stereocenters.